The Hall–Kier alpha value is -1.36. The highest BCUT2D eigenvalue weighted by atomic mass is 35.5. The molecule has 0 rings (SSSR count). The molecule has 0 bridgehead atoms. The fourth-order valence-corrected chi connectivity index (χ4v) is 2.47. The molecule has 0 atom stereocenters. The molecule has 19 heteroatoms. The third kappa shape index (κ3) is 5.36. The van der Waals surface area contributed by atoms with Gasteiger partial charge in [-0.2, -0.15) is 70.2 Å². The molecule has 35 heavy (non-hydrogen) atoms. The number of hydrogen-bond donors (Lipinski definition) is 1. The molecule has 1 amide bonds. The molecular formula is C16H16ClF16NO. The van der Waals surface area contributed by atoms with Crippen molar-refractivity contribution in [3.05, 3.63) is 0 Å². The van der Waals surface area contributed by atoms with Crippen LogP contribution in [0.2, 0.25) is 0 Å². The van der Waals surface area contributed by atoms with Crippen LogP contribution in [0.25, 0.3) is 0 Å². The maximum Gasteiger partial charge on any atom is 0.393 e. The molecule has 0 aromatic rings. The Balaban J connectivity index is 6.19. The Bertz CT molecular complexity index is 734. The SMILES string of the molecule is CCCCCCCNC(=O)C(F)(F)C(F)(F)C(F)(F)C(F)(F)C(F)(F)C(F)(F)C(F)(F)C(F)(F)Cl. The fourth-order valence-electron chi connectivity index (χ4n) is 2.35. The number of amides is 1. The monoisotopic (exact) mass is 577 g/mol. The van der Waals surface area contributed by atoms with Gasteiger partial charge in [0, 0.05) is 6.54 Å². The number of carbonyl (C=O) groups is 1. The number of unbranched alkanes of at least 4 members (excludes halogenated alkanes) is 4. The predicted octanol–water partition coefficient (Wildman–Crippen LogP) is 7.35. The van der Waals surface area contributed by atoms with Gasteiger partial charge < -0.3 is 5.32 Å². The van der Waals surface area contributed by atoms with Crippen LogP contribution in [-0.4, -0.2) is 59.3 Å². The average molecular weight is 578 g/mol. The summed E-state index contributed by atoms with van der Waals surface area (Å²) in [6, 6.07) is 0. The van der Waals surface area contributed by atoms with E-state index in [1.165, 1.54) is 0 Å². The molecule has 0 spiro atoms. The molecule has 0 aromatic carbocycles. The van der Waals surface area contributed by atoms with Crippen LogP contribution < -0.4 is 5.32 Å². The van der Waals surface area contributed by atoms with Crippen LogP contribution in [0.1, 0.15) is 39.0 Å². The summed E-state index contributed by atoms with van der Waals surface area (Å²) in [5.74, 6) is -60.0. The van der Waals surface area contributed by atoms with E-state index in [1.54, 1.807) is 6.92 Å². The van der Waals surface area contributed by atoms with Crippen molar-refractivity contribution >= 4 is 17.5 Å². The Morgan fingerprint density at radius 2 is 0.914 bits per heavy atom. The summed E-state index contributed by atoms with van der Waals surface area (Å²) in [5, 5.41) is -5.92. The molecule has 0 fully saturated rings. The molecule has 0 heterocycles. The highest BCUT2D eigenvalue weighted by Crippen LogP contribution is 2.64. The van der Waals surface area contributed by atoms with Crippen LogP contribution in [-0.2, 0) is 4.79 Å². The number of hydrogen-bond acceptors (Lipinski definition) is 1. The van der Waals surface area contributed by atoms with Gasteiger partial charge in [-0.25, -0.2) is 0 Å². The van der Waals surface area contributed by atoms with Crippen molar-refractivity contribution in [2.75, 3.05) is 6.54 Å². The minimum atomic E-state index is -8.58. The van der Waals surface area contributed by atoms with E-state index in [-0.39, 0.29) is 12.8 Å². The first-order chi connectivity index (χ1) is 15.2. The van der Waals surface area contributed by atoms with Crippen molar-refractivity contribution in [1.29, 1.82) is 0 Å². The molecule has 2 nitrogen and oxygen atoms in total. The summed E-state index contributed by atoms with van der Waals surface area (Å²) < 4.78 is 213. The molecule has 0 aromatic heterocycles. The predicted molar refractivity (Wildman–Crippen MR) is 87.2 cm³/mol. The minimum absolute atomic E-state index is 0.172. The molecule has 0 saturated heterocycles. The Kier molecular flexibility index (Phi) is 9.79. The first kappa shape index (κ1) is 33.6. The van der Waals surface area contributed by atoms with Gasteiger partial charge in [-0.15, -0.1) is 0 Å². The van der Waals surface area contributed by atoms with Gasteiger partial charge in [0.15, 0.2) is 0 Å². The molecule has 0 unspecified atom stereocenters. The largest absolute Gasteiger partial charge is 0.393 e. The fraction of sp³-hybridized carbons (Fsp3) is 0.938. The Labute approximate surface area is 191 Å². The lowest BCUT2D eigenvalue weighted by molar-refractivity contribution is -0.446. The molecule has 0 aliphatic carbocycles. The maximum absolute atomic E-state index is 13.7. The van der Waals surface area contributed by atoms with E-state index in [1.807, 2.05) is 0 Å². The van der Waals surface area contributed by atoms with Crippen molar-refractivity contribution in [1.82, 2.24) is 5.32 Å². The van der Waals surface area contributed by atoms with Crippen molar-refractivity contribution in [2.45, 2.75) is 85.9 Å². The summed E-state index contributed by atoms with van der Waals surface area (Å²) in [6.07, 6.45) is 1.63. The minimum Gasteiger partial charge on any atom is -0.351 e. The van der Waals surface area contributed by atoms with Crippen LogP contribution in [0.5, 0.6) is 0 Å². The van der Waals surface area contributed by atoms with E-state index in [4.69, 9.17) is 0 Å². The molecule has 210 valence electrons. The quantitative estimate of drug-likeness (QED) is 0.131. The van der Waals surface area contributed by atoms with E-state index in [0.29, 0.717) is 19.3 Å². The third-order valence-corrected chi connectivity index (χ3v) is 4.81. The standard InChI is InChI=1S/C16H16ClF16NO/c1-2-3-4-5-6-7-34-8(35)9(18,19)10(20,21)11(22,23)12(24,25)13(26,27)14(28,29)15(30,31)16(17,32)33/h2-7H2,1H3,(H,34,35). The second-order valence-electron chi connectivity index (χ2n) is 7.19. The van der Waals surface area contributed by atoms with Gasteiger partial charge >= 0.3 is 46.8 Å². The van der Waals surface area contributed by atoms with Gasteiger partial charge in [0.2, 0.25) is 0 Å². The van der Waals surface area contributed by atoms with E-state index in [0.717, 1.165) is 5.32 Å². The van der Waals surface area contributed by atoms with Crippen LogP contribution in [0.3, 0.4) is 0 Å². The Morgan fingerprint density at radius 1 is 0.571 bits per heavy atom. The lowest BCUT2D eigenvalue weighted by atomic mass is 9.89. The molecule has 0 saturated carbocycles. The van der Waals surface area contributed by atoms with Gasteiger partial charge in [0.05, 0.1) is 0 Å². The van der Waals surface area contributed by atoms with E-state index in [2.05, 4.69) is 11.6 Å². The average Bonchev–Trinajstić information content (AvgIpc) is 2.68. The van der Waals surface area contributed by atoms with E-state index in [9.17, 15) is 75.0 Å². The van der Waals surface area contributed by atoms with E-state index < -0.39 is 59.3 Å². The van der Waals surface area contributed by atoms with Gasteiger partial charge in [-0.3, -0.25) is 4.79 Å². The number of halogens is 17. The van der Waals surface area contributed by atoms with Crippen molar-refractivity contribution < 1.29 is 75.0 Å². The summed E-state index contributed by atoms with van der Waals surface area (Å²) >= 11 is 3.42. The van der Waals surface area contributed by atoms with Gasteiger partial charge in [0.25, 0.3) is 5.91 Å². The topological polar surface area (TPSA) is 29.1 Å². The lowest BCUT2D eigenvalue weighted by Crippen LogP contribution is -2.75. The zero-order valence-corrected chi connectivity index (χ0v) is 17.8. The number of carbonyl (C=O) groups excluding carboxylic acids is 1. The molecular weight excluding hydrogens is 562 g/mol. The summed E-state index contributed by atoms with van der Waals surface area (Å²) in [5.41, 5.74) is 0. The molecule has 0 radical (unpaired) electrons. The van der Waals surface area contributed by atoms with Gasteiger partial charge in [0.1, 0.15) is 0 Å². The highest BCUT2D eigenvalue weighted by molar-refractivity contribution is 6.22. The second-order valence-corrected chi connectivity index (χ2v) is 7.66. The third-order valence-electron chi connectivity index (χ3n) is 4.57. The number of nitrogens with one attached hydrogen (secondary N) is 1. The Morgan fingerprint density at radius 3 is 1.29 bits per heavy atom. The summed E-state index contributed by atoms with van der Waals surface area (Å²) in [4.78, 5) is 11.2. The van der Waals surface area contributed by atoms with Crippen LogP contribution in [0.4, 0.5) is 70.2 Å². The van der Waals surface area contributed by atoms with Gasteiger partial charge in [-0.1, -0.05) is 32.6 Å². The highest BCUT2D eigenvalue weighted by Gasteiger charge is 2.95. The maximum atomic E-state index is 13.7. The van der Waals surface area contributed by atoms with Crippen LogP contribution >= 0.6 is 11.6 Å². The zero-order chi connectivity index (χ0) is 28.5. The zero-order valence-electron chi connectivity index (χ0n) is 17.1. The summed E-state index contributed by atoms with van der Waals surface area (Å²) in [7, 11) is 0. The van der Waals surface area contributed by atoms with Crippen LogP contribution in [0.15, 0.2) is 0 Å². The van der Waals surface area contributed by atoms with E-state index >= 15 is 0 Å². The number of rotatable bonds is 14. The number of alkyl halides is 17. The van der Waals surface area contributed by atoms with Crippen molar-refractivity contribution in [3.8, 4) is 0 Å². The summed E-state index contributed by atoms with van der Waals surface area (Å²) in [6.45, 7) is 0.809. The molecule has 0 aliphatic heterocycles. The smallest absolute Gasteiger partial charge is 0.351 e. The lowest BCUT2D eigenvalue weighted by Gasteiger charge is -2.42. The molecule has 0 aliphatic rings. The van der Waals surface area contributed by atoms with Crippen LogP contribution in [0, 0.1) is 0 Å². The van der Waals surface area contributed by atoms with Crippen molar-refractivity contribution in [2.24, 2.45) is 0 Å². The first-order valence-corrected chi connectivity index (χ1v) is 9.61. The second kappa shape index (κ2) is 10.2. The van der Waals surface area contributed by atoms with Gasteiger partial charge in [-0.05, 0) is 18.0 Å². The normalized spacial score (nSPS) is 15.4. The molecule has 1 N–H and O–H groups in total. The first-order valence-electron chi connectivity index (χ1n) is 9.23. The van der Waals surface area contributed by atoms with Crippen molar-refractivity contribution in [3.63, 3.8) is 0 Å².